The molecule has 0 radical (unpaired) electrons. The quantitative estimate of drug-likeness (QED) is 0.869. The van der Waals surface area contributed by atoms with Crippen LogP contribution in [0.1, 0.15) is 11.6 Å². The van der Waals surface area contributed by atoms with Gasteiger partial charge in [-0.3, -0.25) is 0 Å². The Labute approximate surface area is 111 Å². The number of halogens is 2. The molecule has 1 saturated heterocycles. The molecule has 1 fully saturated rings. The van der Waals surface area contributed by atoms with E-state index in [1.54, 1.807) is 6.07 Å². The van der Waals surface area contributed by atoms with Crippen molar-refractivity contribution in [3.8, 4) is 0 Å². The van der Waals surface area contributed by atoms with Gasteiger partial charge in [0.05, 0.1) is 19.3 Å². The molecule has 0 saturated carbocycles. The van der Waals surface area contributed by atoms with Crippen molar-refractivity contribution in [3.05, 3.63) is 34.6 Å². The molecule has 1 unspecified atom stereocenters. The van der Waals surface area contributed by atoms with Crippen molar-refractivity contribution in [2.75, 3.05) is 32.8 Å². The Kier molecular flexibility index (Phi) is 4.91. The van der Waals surface area contributed by atoms with Crippen molar-refractivity contribution in [1.82, 2.24) is 10.4 Å². The van der Waals surface area contributed by atoms with Crippen molar-refractivity contribution in [1.29, 1.82) is 0 Å². The van der Waals surface area contributed by atoms with Crippen LogP contribution in [0, 0.1) is 5.82 Å². The van der Waals surface area contributed by atoms with Crippen LogP contribution in [0.25, 0.3) is 0 Å². The lowest BCUT2D eigenvalue weighted by Crippen LogP contribution is -2.48. The third-order valence-electron chi connectivity index (χ3n) is 2.92. The lowest BCUT2D eigenvalue weighted by Gasteiger charge is -2.31. The van der Waals surface area contributed by atoms with Crippen LogP contribution >= 0.6 is 11.6 Å². The van der Waals surface area contributed by atoms with Gasteiger partial charge in [0.15, 0.2) is 0 Å². The highest BCUT2D eigenvalue weighted by Gasteiger charge is 2.18. The summed E-state index contributed by atoms with van der Waals surface area (Å²) in [6, 6.07) is 4.25. The Hall–Kier alpha value is -0.720. The van der Waals surface area contributed by atoms with Gasteiger partial charge in [0.25, 0.3) is 0 Å². The van der Waals surface area contributed by atoms with Crippen molar-refractivity contribution in [2.24, 2.45) is 5.73 Å². The van der Waals surface area contributed by atoms with E-state index in [4.69, 9.17) is 22.1 Å². The molecule has 1 aromatic carbocycles. The topological polar surface area (TPSA) is 50.5 Å². The minimum Gasteiger partial charge on any atom is -0.379 e. The number of nitrogens with one attached hydrogen (secondary N) is 1. The fraction of sp³-hybridized carbons (Fsp3) is 0.500. The van der Waals surface area contributed by atoms with Crippen LogP contribution < -0.4 is 11.2 Å². The fourth-order valence-electron chi connectivity index (χ4n) is 1.95. The molecule has 2 rings (SSSR count). The smallest absolute Gasteiger partial charge is 0.124 e. The third-order valence-corrected chi connectivity index (χ3v) is 3.25. The molecular weight excluding hydrogens is 257 g/mol. The molecule has 0 amide bonds. The molecule has 1 aliphatic heterocycles. The maximum atomic E-state index is 13.0. The van der Waals surface area contributed by atoms with Crippen LogP contribution in [0.15, 0.2) is 18.2 Å². The monoisotopic (exact) mass is 273 g/mol. The summed E-state index contributed by atoms with van der Waals surface area (Å²) in [5.41, 5.74) is 9.87. The third kappa shape index (κ3) is 3.40. The summed E-state index contributed by atoms with van der Waals surface area (Å²) >= 11 is 6.04. The molecule has 0 aromatic heterocycles. The zero-order valence-electron chi connectivity index (χ0n) is 10.0. The highest BCUT2D eigenvalue weighted by molar-refractivity contribution is 6.31. The summed E-state index contributed by atoms with van der Waals surface area (Å²) in [5, 5.41) is 2.45. The predicted octanol–water partition coefficient (Wildman–Crippen LogP) is 1.32. The van der Waals surface area contributed by atoms with E-state index in [2.05, 4.69) is 10.4 Å². The summed E-state index contributed by atoms with van der Waals surface area (Å²) in [4.78, 5) is 0. The van der Waals surface area contributed by atoms with E-state index in [-0.39, 0.29) is 11.9 Å². The van der Waals surface area contributed by atoms with E-state index in [0.29, 0.717) is 24.8 Å². The Morgan fingerprint density at radius 2 is 2.17 bits per heavy atom. The first-order valence-corrected chi connectivity index (χ1v) is 6.32. The number of hydrogen-bond donors (Lipinski definition) is 2. The summed E-state index contributed by atoms with van der Waals surface area (Å²) in [7, 11) is 0. The standard InChI is InChI=1S/C12H17ClFN3O/c13-11-7-9(14)1-2-10(11)12(8-15)16-17-3-5-18-6-4-17/h1-2,7,12,16H,3-6,8,15H2. The van der Waals surface area contributed by atoms with Crippen LogP contribution in [0.2, 0.25) is 5.02 Å². The molecule has 0 spiro atoms. The zero-order valence-corrected chi connectivity index (χ0v) is 10.8. The lowest BCUT2D eigenvalue weighted by atomic mass is 10.1. The minimum absolute atomic E-state index is 0.115. The first-order valence-electron chi connectivity index (χ1n) is 5.94. The average Bonchev–Trinajstić information content (AvgIpc) is 2.38. The van der Waals surface area contributed by atoms with Crippen molar-refractivity contribution < 1.29 is 9.13 Å². The Bertz CT molecular complexity index is 399. The second-order valence-corrected chi connectivity index (χ2v) is 4.59. The van der Waals surface area contributed by atoms with Gasteiger partial charge in [-0.05, 0) is 17.7 Å². The van der Waals surface area contributed by atoms with Gasteiger partial charge in [0.1, 0.15) is 5.82 Å². The fourth-order valence-corrected chi connectivity index (χ4v) is 2.25. The number of hydrazine groups is 1. The van der Waals surface area contributed by atoms with Gasteiger partial charge in [-0.1, -0.05) is 17.7 Å². The molecular formula is C12H17ClFN3O. The Morgan fingerprint density at radius 3 is 2.78 bits per heavy atom. The highest BCUT2D eigenvalue weighted by atomic mass is 35.5. The van der Waals surface area contributed by atoms with Crippen LogP contribution in [-0.4, -0.2) is 37.9 Å². The normalized spacial score (nSPS) is 18.8. The summed E-state index contributed by atoms with van der Waals surface area (Å²) < 4.78 is 18.3. The van der Waals surface area contributed by atoms with Gasteiger partial charge >= 0.3 is 0 Å². The highest BCUT2D eigenvalue weighted by Crippen LogP contribution is 2.23. The van der Waals surface area contributed by atoms with Crippen molar-refractivity contribution in [2.45, 2.75) is 6.04 Å². The van der Waals surface area contributed by atoms with Crippen LogP contribution in [0.4, 0.5) is 4.39 Å². The van der Waals surface area contributed by atoms with Gasteiger partial charge < -0.3 is 10.5 Å². The summed E-state index contributed by atoms with van der Waals surface area (Å²) in [5.74, 6) is -0.342. The number of nitrogens with two attached hydrogens (primary N) is 1. The molecule has 0 aliphatic carbocycles. The van der Waals surface area contributed by atoms with Gasteiger partial charge in [-0.15, -0.1) is 0 Å². The number of hydrogen-bond acceptors (Lipinski definition) is 4. The maximum absolute atomic E-state index is 13.0. The molecule has 1 atom stereocenters. The average molecular weight is 274 g/mol. The summed E-state index contributed by atoms with van der Waals surface area (Å²) in [6.07, 6.45) is 0. The molecule has 0 bridgehead atoms. The molecule has 100 valence electrons. The van der Waals surface area contributed by atoms with Gasteiger partial charge in [0.2, 0.25) is 0 Å². The summed E-state index contributed by atoms with van der Waals surface area (Å²) in [6.45, 7) is 3.39. The maximum Gasteiger partial charge on any atom is 0.124 e. The molecule has 1 aromatic rings. The van der Waals surface area contributed by atoms with E-state index in [1.807, 2.05) is 0 Å². The van der Waals surface area contributed by atoms with Crippen LogP contribution in [-0.2, 0) is 4.74 Å². The molecule has 18 heavy (non-hydrogen) atoms. The van der Waals surface area contributed by atoms with Crippen LogP contribution in [0.3, 0.4) is 0 Å². The number of benzene rings is 1. The minimum atomic E-state index is -0.342. The second kappa shape index (κ2) is 6.45. The molecule has 1 heterocycles. The number of morpholine rings is 1. The Morgan fingerprint density at radius 1 is 1.44 bits per heavy atom. The van der Waals surface area contributed by atoms with E-state index < -0.39 is 0 Å². The zero-order chi connectivity index (χ0) is 13.0. The van der Waals surface area contributed by atoms with Gasteiger partial charge in [-0.25, -0.2) is 14.8 Å². The van der Waals surface area contributed by atoms with Gasteiger partial charge in [-0.2, -0.15) is 0 Å². The Balaban J connectivity index is 2.07. The van der Waals surface area contributed by atoms with Crippen LogP contribution in [0.5, 0.6) is 0 Å². The number of nitrogens with zero attached hydrogens (tertiary/aromatic N) is 1. The van der Waals surface area contributed by atoms with E-state index >= 15 is 0 Å². The largest absolute Gasteiger partial charge is 0.379 e. The SMILES string of the molecule is NCC(NN1CCOCC1)c1ccc(F)cc1Cl. The van der Waals surface area contributed by atoms with Crippen molar-refractivity contribution in [3.63, 3.8) is 0 Å². The van der Waals surface area contributed by atoms with E-state index in [9.17, 15) is 4.39 Å². The molecule has 4 nitrogen and oxygen atoms in total. The van der Waals surface area contributed by atoms with Crippen molar-refractivity contribution >= 4 is 11.6 Å². The molecule has 1 aliphatic rings. The first kappa shape index (κ1) is 13.7. The van der Waals surface area contributed by atoms with E-state index in [1.165, 1.54) is 12.1 Å². The first-order chi connectivity index (χ1) is 8.70. The van der Waals surface area contributed by atoms with Gasteiger partial charge in [0, 0.05) is 24.7 Å². The molecule has 3 N–H and O–H groups in total. The number of ether oxygens (including phenoxy) is 1. The predicted molar refractivity (Wildman–Crippen MR) is 68.7 cm³/mol. The second-order valence-electron chi connectivity index (χ2n) is 4.18. The molecule has 6 heteroatoms. The number of rotatable bonds is 4. The lowest BCUT2D eigenvalue weighted by molar-refractivity contribution is 0.00405. The van der Waals surface area contributed by atoms with E-state index in [0.717, 1.165) is 18.7 Å².